The Morgan fingerprint density at radius 1 is 1.23 bits per heavy atom. The maximum absolute atomic E-state index is 12.7. The molecule has 0 bridgehead atoms. The minimum Gasteiger partial charge on any atom is -0.279 e. The summed E-state index contributed by atoms with van der Waals surface area (Å²) in [5.74, 6) is 0. The molecule has 1 aromatic carbocycles. The fourth-order valence-electron chi connectivity index (χ4n) is 2.35. The lowest BCUT2D eigenvalue weighted by Gasteiger charge is -2.23. The molecule has 0 atom stereocenters. The Morgan fingerprint density at radius 2 is 1.86 bits per heavy atom. The van der Waals surface area contributed by atoms with Crippen LogP contribution in [-0.2, 0) is 22.0 Å². The smallest absolute Gasteiger partial charge is 0.265 e. The van der Waals surface area contributed by atoms with Crippen LogP contribution in [0.4, 0.5) is 5.69 Å². The molecule has 0 fully saturated rings. The molecule has 2 rings (SSSR count). The Balaban J connectivity index is 2.44. The minimum absolute atomic E-state index is 0.151. The van der Waals surface area contributed by atoms with Crippen LogP contribution in [0.5, 0.6) is 0 Å². The van der Waals surface area contributed by atoms with Gasteiger partial charge in [-0.25, -0.2) is 8.42 Å². The number of para-hydroxylation sites is 1. The summed E-state index contributed by atoms with van der Waals surface area (Å²) in [6.07, 6.45) is 1.57. The fraction of sp³-hybridized carbons (Fsp3) is 0.438. The molecule has 1 heterocycles. The van der Waals surface area contributed by atoms with E-state index >= 15 is 0 Å². The van der Waals surface area contributed by atoms with Gasteiger partial charge in [-0.15, -0.1) is 0 Å². The molecular weight excluding hydrogens is 298 g/mol. The Bertz CT molecular complexity index is 771. The monoisotopic (exact) mass is 321 g/mol. The fourth-order valence-corrected chi connectivity index (χ4v) is 3.62. The molecule has 1 aromatic heterocycles. The molecule has 0 saturated carbocycles. The molecule has 120 valence electrons. The van der Waals surface area contributed by atoms with Gasteiger partial charge < -0.3 is 0 Å². The lowest BCUT2D eigenvalue weighted by Crippen LogP contribution is -2.19. The highest BCUT2D eigenvalue weighted by Crippen LogP contribution is 2.31. The maximum Gasteiger partial charge on any atom is 0.265 e. The van der Waals surface area contributed by atoms with Crippen molar-refractivity contribution < 1.29 is 8.42 Å². The van der Waals surface area contributed by atoms with E-state index in [1.807, 2.05) is 25.1 Å². The van der Waals surface area contributed by atoms with Gasteiger partial charge in [-0.1, -0.05) is 39.0 Å². The molecule has 0 amide bonds. The van der Waals surface area contributed by atoms with Crippen LogP contribution in [0.2, 0.25) is 0 Å². The summed E-state index contributed by atoms with van der Waals surface area (Å²) in [6, 6.07) is 7.48. The maximum atomic E-state index is 12.7. The molecule has 6 heteroatoms. The zero-order valence-electron chi connectivity index (χ0n) is 13.7. The van der Waals surface area contributed by atoms with Gasteiger partial charge in [-0.05, 0) is 30.9 Å². The number of anilines is 1. The highest BCUT2D eigenvalue weighted by atomic mass is 32.2. The number of rotatable bonds is 4. The number of aryl methyl sites for hydroxylation is 2. The van der Waals surface area contributed by atoms with Gasteiger partial charge in [0.25, 0.3) is 10.0 Å². The normalized spacial score (nSPS) is 12.4. The molecule has 0 aliphatic heterocycles. The second-order valence-electron chi connectivity index (χ2n) is 6.34. The molecule has 1 N–H and O–H groups in total. The third kappa shape index (κ3) is 3.32. The standard InChI is InChI=1S/C16H23N3O2S/c1-6-19-11-15(12(2)17-19)22(20,21)18-14-10-8-7-9-13(14)16(3,4)5/h7-11,18H,6H2,1-5H3. The average molecular weight is 321 g/mol. The van der Waals surface area contributed by atoms with E-state index in [4.69, 9.17) is 0 Å². The van der Waals surface area contributed by atoms with Crippen LogP contribution in [0, 0.1) is 6.92 Å². The third-order valence-electron chi connectivity index (χ3n) is 3.49. The lowest BCUT2D eigenvalue weighted by molar-refractivity contribution is 0.590. The molecule has 0 radical (unpaired) electrons. The largest absolute Gasteiger partial charge is 0.279 e. The van der Waals surface area contributed by atoms with Crippen LogP contribution in [0.1, 0.15) is 39.0 Å². The molecule has 0 unspecified atom stereocenters. The second kappa shape index (κ2) is 5.76. The number of sulfonamides is 1. The number of hydrogen-bond donors (Lipinski definition) is 1. The first-order valence-electron chi connectivity index (χ1n) is 7.31. The topological polar surface area (TPSA) is 64.0 Å². The summed E-state index contributed by atoms with van der Waals surface area (Å²) >= 11 is 0. The quantitative estimate of drug-likeness (QED) is 0.939. The van der Waals surface area contributed by atoms with Crippen LogP contribution in [-0.4, -0.2) is 18.2 Å². The summed E-state index contributed by atoms with van der Waals surface area (Å²) in [6.45, 7) is 10.4. The lowest BCUT2D eigenvalue weighted by atomic mass is 9.86. The van der Waals surface area contributed by atoms with Crippen molar-refractivity contribution in [2.45, 2.75) is 51.5 Å². The van der Waals surface area contributed by atoms with E-state index in [2.05, 4.69) is 30.6 Å². The minimum atomic E-state index is -3.65. The number of nitrogens with zero attached hydrogens (tertiary/aromatic N) is 2. The van der Waals surface area contributed by atoms with Crippen molar-refractivity contribution in [1.82, 2.24) is 9.78 Å². The zero-order chi connectivity index (χ0) is 16.5. The van der Waals surface area contributed by atoms with Gasteiger partial charge in [-0.2, -0.15) is 5.10 Å². The van der Waals surface area contributed by atoms with E-state index in [9.17, 15) is 8.42 Å². The predicted molar refractivity (Wildman–Crippen MR) is 88.6 cm³/mol. The molecule has 0 aliphatic carbocycles. The van der Waals surface area contributed by atoms with Crippen LogP contribution in [0.25, 0.3) is 0 Å². The van der Waals surface area contributed by atoms with E-state index in [1.54, 1.807) is 23.9 Å². The first-order chi connectivity index (χ1) is 10.1. The summed E-state index contributed by atoms with van der Waals surface area (Å²) < 4.78 is 29.7. The summed E-state index contributed by atoms with van der Waals surface area (Å²) in [4.78, 5) is 0.220. The number of hydrogen-bond acceptors (Lipinski definition) is 3. The van der Waals surface area contributed by atoms with Gasteiger partial charge in [0.15, 0.2) is 0 Å². The molecule has 0 spiro atoms. The van der Waals surface area contributed by atoms with Crippen molar-refractivity contribution in [3.8, 4) is 0 Å². The van der Waals surface area contributed by atoms with Gasteiger partial charge in [-0.3, -0.25) is 9.40 Å². The number of aromatic nitrogens is 2. The molecule has 0 saturated heterocycles. The third-order valence-corrected chi connectivity index (χ3v) is 4.96. The highest BCUT2D eigenvalue weighted by Gasteiger charge is 2.24. The first-order valence-corrected chi connectivity index (χ1v) is 8.80. The van der Waals surface area contributed by atoms with Gasteiger partial charge in [0, 0.05) is 12.7 Å². The zero-order valence-corrected chi connectivity index (χ0v) is 14.5. The average Bonchev–Trinajstić information content (AvgIpc) is 2.80. The van der Waals surface area contributed by atoms with Crippen LogP contribution >= 0.6 is 0 Å². The van der Waals surface area contributed by atoms with E-state index in [0.717, 1.165) is 5.56 Å². The van der Waals surface area contributed by atoms with Crippen LogP contribution in [0.3, 0.4) is 0 Å². The van der Waals surface area contributed by atoms with Crippen molar-refractivity contribution >= 4 is 15.7 Å². The summed E-state index contributed by atoms with van der Waals surface area (Å²) in [5.41, 5.74) is 1.92. The molecular formula is C16H23N3O2S. The highest BCUT2D eigenvalue weighted by molar-refractivity contribution is 7.92. The van der Waals surface area contributed by atoms with Crippen LogP contribution in [0.15, 0.2) is 35.4 Å². The SMILES string of the molecule is CCn1cc(S(=O)(=O)Nc2ccccc2C(C)(C)C)c(C)n1. The number of nitrogens with one attached hydrogen (secondary N) is 1. The summed E-state index contributed by atoms with van der Waals surface area (Å²) in [5, 5.41) is 4.21. The number of benzene rings is 1. The van der Waals surface area contributed by atoms with Gasteiger partial charge in [0.05, 0.1) is 11.4 Å². The molecule has 2 aromatic rings. The van der Waals surface area contributed by atoms with Gasteiger partial charge >= 0.3 is 0 Å². The van der Waals surface area contributed by atoms with Crippen molar-refractivity contribution in [1.29, 1.82) is 0 Å². The van der Waals surface area contributed by atoms with Crippen molar-refractivity contribution in [2.24, 2.45) is 0 Å². The Morgan fingerprint density at radius 3 is 2.41 bits per heavy atom. The molecule has 5 nitrogen and oxygen atoms in total. The predicted octanol–water partition coefficient (Wildman–Crippen LogP) is 3.31. The van der Waals surface area contributed by atoms with Crippen molar-refractivity contribution in [3.63, 3.8) is 0 Å². The Kier molecular flexibility index (Phi) is 4.33. The van der Waals surface area contributed by atoms with E-state index in [-0.39, 0.29) is 10.3 Å². The second-order valence-corrected chi connectivity index (χ2v) is 7.99. The van der Waals surface area contributed by atoms with Gasteiger partial charge in [0.2, 0.25) is 0 Å². The van der Waals surface area contributed by atoms with E-state index in [1.165, 1.54) is 0 Å². The van der Waals surface area contributed by atoms with Gasteiger partial charge in [0.1, 0.15) is 4.90 Å². The van der Waals surface area contributed by atoms with E-state index < -0.39 is 10.0 Å². The van der Waals surface area contributed by atoms with Crippen LogP contribution < -0.4 is 4.72 Å². The van der Waals surface area contributed by atoms with Crippen molar-refractivity contribution in [2.75, 3.05) is 4.72 Å². The molecule has 22 heavy (non-hydrogen) atoms. The molecule has 0 aliphatic rings. The van der Waals surface area contributed by atoms with Crippen molar-refractivity contribution in [3.05, 3.63) is 41.7 Å². The first kappa shape index (κ1) is 16.5. The van der Waals surface area contributed by atoms with E-state index in [0.29, 0.717) is 17.9 Å². The Labute approximate surface area is 132 Å². The summed E-state index contributed by atoms with van der Waals surface area (Å²) in [7, 11) is -3.65. The Hall–Kier alpha value is -1.82.